The summed E-state index contributed by atoms with van der Waals surface area (Å²) in [5, 5.41) is 11.6. The van der Waals surface area contributed by atoms with Gasteiger partial charge >= 0.3 is 5.97 Å². The number of methoxy groups -OCH3 is 1. The zero-order valence-electron chi connectivity index (χ0n) is 18.4. The van der Waals surface area contributed by atoms with Gasteiger partial charge in [-0.3, -0.25) is 9.36 Å². The molecule has 0 aliphatic carbocycles. The third-order valence-electron chi connectivity index (χ3n) is 6.31. The number of nitrogens with zero attached hydrogens (tertiary/aromatic N) is 2. The largest absolute Gasteiger partial charge is 0.465 e. The van der Waals surface area contributed by atoms with Gasteiger partial charge in [-0.25, -0.2) is 9.78 Å². The molecular formula is C24H27N2O5P. The molecule has 1 aromatic heterocycles. The molecule has 3 atom stereocenters. The first-order chi connectivity index (χ1) is 15.3. The minimum atomic E-state index is -0.736. The van der Waals surface area contributed by atoms with Gasteiger partial charge in [0.25, 0.3) is 5.56 Å². The van der Waals surface area contributed by atoms with E-state index in [1.807, 2.05) is 32.0 Å². The average molecular weight is 454 g/mol. The zero-order valence-corrected chi connectivity index (χ0v) is 19.6. The lowest BCUT2D eigenvalue weighted by Crippen LogP contribution is -2.39. The van der Waals surface area contributed by atoms with E-state index >= 15 is 0 Å². The Labute approximate surface area is 188 Å². The third-order valence-corrected chi connectivity index (χ3v) is 6.79. The Bertz CT molecular complexity index is 1250. The molecule has 3 aromatic rings. The number of hydrogen-bond donors (Lipinski definition) is 1. The van der Waals surface area contributed by atoms with Crippen LogP contribution in [0.15, 0.2) is 35.4 Å². The smallest absolute Gasteiger partial charge is 0.338 e. The molecule has 0 radical (unpaired) electrons. The first-order valence-electron chi connectivity index (χ1n) is 10.5. The summed E-state index contributed by atoms with van der Waals surface area (Å²) in [6.07, 6.45) is 1.98. The summed E-state index contributed by atoms with van der Waals surface area (Å²) in [7, 11) is 3.94. The number of benzene rings is 2. The van der Waals surface area contributed by atoms with Gasteiger partial charge in [0.1, 0.15) is 0 Å². The average Bonchev–Trinajstić information content (AvgIpc) is 2.78. The number of hydrogen-bond acceptors (Lipinski definition) is 6. The molecule has 7 nitrogen and oxygen atoms in total. The van der Waals surface area contributed by atoms with Crippen LogP contribution in [0.1, 0.15) is 45.1 Å². The van der Waals surface area contributed by atoms with Crippen molar-refractivity contribution in [1.29, 1.82) is 0 Å². The van der Waals surface area contributed by atoms with Crippen molar-refractivity contribution in [3.8, 4) is 0 Å². The van der Waals surface area contributed by atoms with Gasteiger partial charge in [0.05, 0.1) is 48.7 Å². The second kappa shape index (κ2) is 9.10. The molecule has 0 amide bonds. The van der Waals surface area contributed by atoms with Crippen molar-refractivity contribution in [2.45, 2.75) is 38.8 Å². The lowest BCUT2D eigenvalue weighted by atomic mass is 9.94. The first-order valence-corrected chi connectivity index (χ1v) is 11.1. The Balaban J connectivity index is 1.76. The van der Waals surface area contributed by atoms with Crippen LogP contribution in [0, 0.1) is 13.8 Å². The van der Waals surface area contributed by atoms with E-state index in [2.05, 4.69) is 14.2 Å². The molecule has 1 aliphatic rings. The summed E-state index contributed by atoms with van der Waals surface area (Å²) in [5.41, 5.74) is 5.12. The van der Waals surface area contributed by atoms with Gasteiger partial charge in [-0.05, 0) is 66.4 Å². The second-order valence-corrected chi connectivity index (χ2v) is 8.85. The fourth-order valence-corrected chi connectivity index (χ4v) is 4.73. The van der Waals surface area contributed by atoms with Crippen molar-refractivity contribution >= 4 is 31.4 Å². The van der Waals surface area contributed by atoms with Crippen LogP contribution in [0.5, 0.6) is 0 Å². The Morgan fingerprint density at radius 2 is 2.09 bits per heavy atom. The second-order valence-electron chi connectivity index (χ2n) is 8.23. The Morgan fingerprint density at radius 3 is 2.78 bits per heavy atom. The van der Waals surface area contributed by atoms with Crippen LogP contribution in [0.4, 0.5) is 0 Å². The number of aliphatic hydroxyl groups is 1. The predicted molar refractivity (Wildman–Crippen MR) is 126 cm³/mol. The number of aryl methyl sites for hydroxylation is 1. The number of fused-ring (bicyclic) bond motifs is 1. The van der Waals surface area contributed by atoms with E-state index in [1.165, 1.54) is 7.11 Å². The molecule has 1 aliphatic heterocycles. The van der Waals surface area contributed by atoms with E-state index < -0.39 is 6.10 Å². The summed E-state index contributed by atoms with van der Waals surface area (Å²) >= 11 is 0. The summed E-state index contributed by atoms with van der Waals surface area (Å²) < 4.78 is 11.7. The van der Waals surface area contributed by atoms with E-state index in [0.29, 0.717) is 35.9 Å². The van der Waals surface area contributed by atoms with Crippen LogP contribution in [-0.2, 0) is 15.9 Å². The quantitative estimate of drug-likeness (QED) is 0.480. The molecule has 32 heavy (non-hydrogen) atoms. The predicted octanol–water partition coefficient (Wildman–Crippen LogP) is 2.21. The van der Waals surface area contributed by atoms with Crippen molar-refractivity contribution in [2.24, 2.45) is 0 Å². The van der Waals surface area contributed by atoms with Crippen molar-refractivity contribution in [3.63, 3.8) is 0 Å². The highest BCUT2D eigenvalue weighted by atomic mass is 31.0. The highest BCUT2D eigenvalue weighted by Crippen LogP contribution is 2.26. The van der Waals surface area contributed by atoms with Gasteiger partial charge in [0, 0.05) is 6.61 Å². The Hall–Kier alpha value is -2.60. The normalized spacial score (nSPS) is 18.7. The van der Waals surface area contributed by atoms with Crippen LogP contribution < -0.4 is 10.9 Å². The maximum absolute atomic E-state index is 13.4. The van der Waals surface area contributed by atoms with Crippen LogP contribution in [0.3, 0.4) is 0 Å². The van der Waals surface area contributed by atoms with Crippen molar-refractivity contribution < 1.29 is 19.4 Å². The van der Waals surface area contributed by atoms with Gasteiger partial charge in [-0.1, -0.05) is 12.1 Å². The molecule has 1 saturated heterocycles. The first kappa shape index (κ1) is 22.6. The molecule has 168 valence electrons. The molecule has 0 bridgehead atoms. The summed E-state index contributed by atoms with van der Waals surface area (Å²) in [6.45, 7) is 4.72. The number of rotatable bonds is 4. The van der Waals surface area contributed by atoms with Crippen LogP contribution in [0.25, 0.3) is 10.9 Å². The summed E-state index contributed by atoms with van der Waals surface area (Å²) in [6, 6.07) is 7.16. The number of carbonyl (C=O) groups is 1. The van der Waals surface area contributed by atoms with E-state index in [1.54, 1.807) is 17.0 Å². The highest BCUT2D eigenvalue weighted by molar-refractivity contribution is 7.27. The molecule has 8 heteroatoms. The Morgan fingerprint density at radius 1 is 1.31 bits per heavy atom. The highest BCUT2D eigenvalue weighted by Gasteiger charge is 2.27. The van der Waals surface area contributed by atoms with Gasteiger partial charge in [-0.15, -0.1) is 9.24 Å². The minimum Gasteiger partial charge on any atom is -0.465 e. The molecule has 2 heterocycles. The number of esters is 1. The zero-order chi connectivity index (χ0) is 23.0. The van der Waals surface area contributed by atoms with Gasteiger partial charge in [0.2, 0.25) is 0 Å². The Kier molecular flexibility index (Phi) is 6.42. The summed E-state index contributed by atoms with van der Waals surface area (Å²) in [4.78, 5) is 29.8. The molecule has 4 rings (SSSR count). The number of carbonyl (C=O) groups excluding carboxylic acids is 1. The molecule has 0 saturated carbocycles. The standard InChI is InChI=1S/C24H27N2O5P/c1-13-14(2)22-18(23(28)26(12-25-22)19-6-7-31-11-20(19)27)10-16(13)8-15-4-5-17(21(32)9-15)24(29)30-3/h4-5,9-10,12,19-20,27H,6-8,11,32H2,1-3H3/t19-,20-/m0/s1. The van der Waals surface area contributed by atoms with Gasteiger partial charge in [-0.2, -0.15) is 0 Å². The van der Waals surface area contributed by atoms with Crippen LogP contribution in [-0.4, -0.2) is 47.1 Å². The van der Waals surface area contributed by atoms with Crippen LogP contribution in [0.2, 0.25) is 0 Å². The van der Waals surface area contributed by atoms with E-state index in [-0.39, 0.29) is 24.2 Å². The minimum absolute atomic E-state index is 0.155. The summed E-state index contributed by atoms with van der Waals surface area (Å²) in [5.74, 6) is -0.374. The lowest BCUT2D eigenvalue weighted by molar-refractivity contribution is -0.0395. The monoisotopic (exact) mass is 454 g/mol. The fourth-order valence-electron chi connectivity index (χ4n) is 4.31. The molecule has 0 spiro atoms. The molecule has 2 aromatic carbocycles. The van der Waals surface area contributed by atoms with Crippen molar-refractivity contribution in [1.82, 2.24) is 9.55 Å². The maximum Gasteiger partial charge on any atom is 0.338 e. The molecule has 1 unspecified atom stereocenters. The number of ether oxygens (including phenoxy) is 2. The van der Waals surface area contributed by atoms with Crippen molar-refractivity contribution in [2.75, 3.05) is 20.3 Å². The van der Waals surface area contributed by atoms with Gasteiger partial charge in [0.15, 0.2) is 0 Å². The number of aromatic nitrogens is 2. The molecule has 1 fully saturated rings. The number of aliphatic hydroxyl groups excluding tert-OH is 1. The SMILES string of the molecule is COC(=O)c1ccc(Cc2cc3c(=O)n([C@H]4CCOC[C@@H]4O)cnc3c(C)c2C)cc1P. The maximum atomic E-state index is 13.4. The topological polar surface area (TPSA) is 90.7 Å². The third kappa shape index (κ3) is 4.08. The molecule has 1 N–H and O–H groups in total. The van der Waals surface area contributed by atoms with E-state index in [0.717, 1.165) is 27.6 Å². The van der Waals surface area contributed by atoms with Crippen molar-refractivity contribution in [3.05, 3.63) is 68.8 Å². The van der Waals surface area contributed by atoms with E-state index in [9.17, 15) is 14.7 Å². The van der Waals surface area contributed by atoms with E-state index in [4.69, 9.17) is 9.47 Å². The lowest BCUT2D eigenvalue weighted by Gasteiger charge is -2.29. The van der Waals surface area contributed by atoms with Crippen LogP contribution >= 0.6 is 9.24 Å². The van der Waals surface area contributed by atoms with Gasteiger partial charge < -0.3 is 14.6 Å². The fraction of sp³-hybridized carbons (Fsp3) is 0.375. The molecular weight excluding hydrogens is 427 g/mol.